The van der Waals surface area contributed by atoms with Gasteiger partial charge < -0.3 is 4.74 Å². The van der Waals surface area contributed by atoms with Gasteiger partial charge in [-0.1, -0.05) is 51.8 Å². The summed E-state index contributed by atoms with van der Waals surface area (Å²) in [5, 5.41) is 0. The van der Waals surface area contributed by atoms with Crippen molar-refractivity contribution in [1.82, 2.24) is 0 Å². The van der Waals surface area contributed by atoms with Crippen LogP contribution in [0.3, 0.4) is 0 Å². The summed E-state index contributed by atoms with van der Waals surface area (Å²) in [5.74, 6) is 1.06. The molecule has 2 heteroatoms. The molecule has 1 aliphatic rings. The van der Waals surface area contributed by atoms with Gasteiger partial charge in [0.25, 0.3) is 0 Å². The van der Waals surface area contributed by atoms with E-state index in [-0.39, 0.29) is 4.83 Å². The molecule has 0 aliphatic carbocycles. The van der Waals surface area contributed by atoms with Crippen molar-refractivity contribution in [1.29, 1.82) is 0 Å². The van der Waals surface area contributed by atoms with Crippen LogP contribution < -0.4 is 4.74 Å². The second-order valence-corrected chi connectivity index (χ2v) is 6.46. The third-order valence-electron chi connectivity index (χ3n) is 3.93. The van der Waals surface area contributed by atoms with E-state index in [9.17, 15) is 0 Å². The van der Waals surface area contributed by atoms with Crippen LogP contribution in [0, 0.1) is 13.8 Å². The predicted octanol–water partition coefficient (Wildman–Crippen LogP) is 5.11. The minimum absolute atomic E-state index is 0.245. The van der Waals surface area contributed by atoms with Gasteiger partial charge in [0, 0.05) is 0 Å². The van der Waals surface area contributed by atoms with E-state index in [1.54, 1.807) is 0 Å². The molecule has 0 fully saturated rings. The fourth-order valence-corrected chi connectivity index (χ4v) is 3.53. The maximum atomic E-state index is 5.69. The van der Waals surface area contributed by atoms with Crippen LogP contribution in [0.1, 0.15) is 39.1 Å². The molecule has 0 saturated heterocycles. The summed E-state index contributed by atoms with van der Waals surface area (Å²) in [6.45, 7) is 5.16. The van der Waals surface area contributed by atoms with Crippen LogP contribution in [0.2, 0.25) is 0 Å². The monoisotopic (exact) mass is 330 g/mol. The predicted molar refractivity (Wildman–Crippen MR) is 86.9 cm³/mol. The molecule has 1 heterocycles. The Balaban J connectivity index is 1.97. The number of halogens is 1. The van der Waals surface area contributed by atoms with E-state index in [4.69, 9.17) is 4.74 Å². The van der Waals surface area contributed by atoms with Crippen LogP contribution in [0.4, 0.5) is 0 Å². The quantitative estimate of drug-likeness (QED) is 0.695. The average molecular weight is 331 g/mol. The van der Waals surface area contributed by atoms with Crippen LogP contribution in [0.25, 0.3) is 0 Å². The zero-order valence-electron chi connectivity index (χ0n) is 11.9. The molecule has 1 unspecified atom stereocenters. The lowest BCUT2D eigenvalue weighted by Crippen LogP contribution is -2.09. The fraction of sp³-hybridized carbons (Fsp3) is 0.333. The highest BCUT2D eigenvalue weighted by Gasteiger charge is 2.16. The minimum atomic E-state index is 0.245. The van der Waals surface area contributed by atoms with E-state index in [0.717, 1.165) is 25.2 Å². The van der Waals surface area contributed by atoms with E-state index in [0.29, 0.717) is 0 Å². The highest BCUT2D eigenvalue weighted by Crippen LogP contribution is 2.36. The van der Waals surface area contributed by atoms with Crippen LogP contribution in [0.15, 0.2) is 36.4 Å². The molecule has 1 atom stereocenters. The van der Waals surface area contributed by atoms with Gasteiger partial charge in [0.05, 0.1) is 11.4 Å². The van der Waals surface area contributed by atoms with E-state index >= 15 is 0 Å². The van der Waals surface area contributed by atoms with Gasteiger partial charge in [-0.3, -0.25) is 0 Å². The van der Waals surface area contributed by atoms with Crippen molar-refractivity contribution in [2.24, 2.45) is 0 Å². The van der Waals surface area contributed by atoms with E-state index < -0.39 is 0 Å². The highest BCUT2D eigenvalue weighted by molar-refractivity contribution is 9.09. The fourth-order valence-electron chi connectivity index (χ4n) is 2.75. The molecule has 0 aromatic heterocycles. The topological polar surface area (TPSA) is 9.23 Å². The van der Waals surface area contributed by atoms with Crippen molar-refractivity contribution in [2.45, 2.75) is 31.5 Å². The summed E-state index contributed by atoms with van der Waals surface area (Å²) in [6, 6.07) is 13.2. The Morgan fingerprint density at radius 3 is 2.80 bits per heavy atom. The first kappa shape index (κ1) is 13.7. The van der Waals surface area contributed by atoms with Crippen LogP contribution in [-0.2, 0) is 6.42 Å². The van der Waals surface area contributed by atoms with Gasteiger partial charge in [-0.05, 0) is 55.0 Å². The van der Waals surface area contributed by atoms with Crippen molar-refractivity contribution in [3.05, 3.63) is 64.2 Å². The van der Waals surface area contributed by atoms with Gasteiger partial charge in [-0.2, -0.15) is 0 Å². The Kier molecular flexibility index (Phi) is 3.84. The van der Waals surface area contributed by atoms with Gasteiger partial charge in [0.1, 0.15) is 5.75 Å². The number of hydrogen-bond acceptors (Lipinski definition) is 1. The Hall–Kier alpha value is -1.28. The zero-order chi connectivity index (χ0) is 14.1. The first-order valence-corrected chi connectivity index (χ1v) is 8.03. The maximum Gasteiger partial charge on any atom is 0.122 e. The van der Waals surface area contributed by atoms with Crippen molar-refractivity contribution in [3.8, 4) is 5.75 Å². The van der Waals surface area contributed by atoms with Gasteiger partial charge in [-0.15, -0.1) is 0 Å². The van der Waals surface area contributed by atoms with Crippen molar-refractivity contribution in [2.75, 3.05) is 6.61 Å². The standard InChI is InChI=1S/C18H19BrO/c1-12-5-6-13(2)16(10-12)18(19)15-7-8-17-14(11-15)4-3-9-20-17/h5-8,10-11,18H,3-4,9H2,1-2H3. The summed E-state index contributed by atoms with van der Waals surface area (Å²) in [5.41, 5.74) is 6.62. The lowest BCUT2D eigenvalue weighted by molar-refractivity contribution is 0.288. The Morgan fingerprint density at radius 1 is 1.10 bits per heavy atom. The Labute approximate surface area is 129 Å². The van der Waals surface area contributed by atoms with Gasteiger partial charge in [-0.25, -0.2) is 0 Å². The smallest absolute Gasteiger partial charge is 0.122 e. The minimum Gasteiger partial charge on any atom is -0.493 e. The van der Waals surface area contributed by atoms with Crippen molar-refractivity contribution >= 4 is 15.9 Å². The number of rotatable bonds is 2. The zero-order valence-corrected chi connectivity index (χ0v) is 13.5. The van der Waals surface area contributed by atoms with Crippen molar-refractivity contribution < 1.29 is 4.74 Å². The second kappa shape index (κ2) is 5.61. The molecule has 3 rings (SSSR count). The third-order valence-corrected chi connectivity index (χ3v) is 4.95. The molecule has 1 aliphatic heterocycles. The molecule has 1 nitrogen and oxygen atoms in total. The number of ether oxygens (including phenoxy) is 1. The molecule has 2 aromatic carbocycles. The molecule has 0 saturated carbocycles. The number of alkyl halides is 1. The summed E-state index contributed by atoms with van der Waals surface area (Å²) in [6.07, 6.45) is 2.24. The van der Waals surface area contributed by atoms with Crippen LogP contribution in [0.5, 0.6) is 5.75 Å². The van der Waals surface area contributed by atoms with Crippen molar-refractivity contribution in [3.63, 3.8) is 0 Å². The Morgan fingerprint density at radius 2 is 1.95 bits per heavy atom. The number of fused-ring (bicyclic) bond motifs is 1. The SMILES string of the molecule is Cc1ccc(C)c(C(Br)c2ccc3c(c2)CCCO3)c1. The molecule has 20 heavy (non-hydrogen) atoms. The van der Waals surface area contributed by atoms with Gasteiger partial charge in [0.15, 0.2) is 0 Å². The molecule has 0 spiro atoms. The molecule has 0 amide bonds. The normalized spacial score (nSPS) is 15.3. The lowest BCUT2D eigenvalue weighted by Gasteiger charge is -2.20. The number of benzene rings is 2. The summed E-state index contributed by atoms with van der Waals surface area (Å²) in [4.78, 5) is 0.245. The summed E-state index contributed by atoms with van der Waals surface area (Å²) in [7, 11) is 0. The van der Waals surface area contributed by atoms with E-state index in [2.05, 4.69) is 66.2 Å². The molecular formula is C18H19BrO. The molecule has 104 valence electrons. The molecular weight excluding hydrogens is 312 g/mol. The average Bonchev–Trinajstić information content (AvgIpc) is 2.48. The number of hydrogen-bond donors (Lipinski definition) is 0. The van der Waals surface area contributed by atoms with Gasteiger partial charge >= 0.3 is 0 Å². The highest BCUT2D eigenvalue weighted by atomic mass is 79.9. The maximum absolute atomic E-state index is 5.69. The number of aryl methyl sites for hydroxylation is 3. The summed E-state index contributed by atoms with van der Waals surface area (Å²) >= 11 is 3.87. The third kappa shape index (κ3) is 2.62. The largest absolute Gasteiger partial charge is 0.493 e. The summed E-state index contributed by atoms with van der Waals surface area (Å²) < 4.78 is 5.69. The molecule has 2 aromatic rings. The van der Waals surface area contributed by atoms with E-state index in [1.165, 1.54) is 27.8 Å². The molecule has 0 bridgehead atoms. The van der Waals surface area contributed by atoms with Gasteiger partial charge in [0.2, 0.25) is 0 Å². The van der Waals surface area contributed by atoms with Crippen LogP contribution in [-0.4, -0.2) is 6.61 Å². The lowest BCUT2D eigenvalue weighted by atomic mass is 9.96. The molecule has 0 N–H and O–H groups in total. The van der Waals surface area contributed by atoms with Crippen LogP contribution >= 0.6 is 15.9 Å². The molecule has 0 radical (unpaired) electrons. The van der Waals surface area contributed by atoms with E-state index in [1.807, 2.05) is 0 Å². The Bertz CT molecular complexity index is 633. The first-order chi connectivity index (χ1) is 9.65. The first-order valence-electron chi connectivity index (χ1n) is 7.12. The second-order valence-electron chi connectivity index (χ2n) is 5.54.